The van der Waals surface area contributed by atoms with Gasteiger partial charge >= 0.3 is 5.97 Å². The fourth-order valence-electron chi connectivity index (χ4n) is 3.14. The van der Waals surface area contributed by atoms with Crippen molar-refractivity contribution in [2.75, 3.05) is 27.3 Å². The number of carbonyl (C=O) groups is 2. The monoisotopic (exact) mass is 335 g/mol. The van der Waals surface area contributed by atoms with E-state index in [9.17, 15) is 9.59 Å². The molecule has 24 heavy (non-hydrogen) atoms. The molecule has 0 radical (unpaired) electrons. The Morgan fingerprint density at radius 1 is 1.29 bits per heavy atom. The molecule has 6 heteroatoms. The second-order valence-electron chi connectivity index (χ2n) is 6.26. The van der Waals surface area contributed by atoms with Crippen molar-refractivity contribution in [3.8, 4) is 11.5 Å². The summed E-state index contributed by atoms with van der Waals surface area (Å²) >= 11 is 0. The van der Waals surface area contributed by atoms with Crippen LogP contribution in [0, 0.1) is 11.8 Å². The molecular weight excluding hydrogens is 310 g/mol. The summed E-state index contributed by atoms with van der Waals surface area (Å²) in [5.74, 6) is -0.179. The largest absolute Gasteiger partial charge is 0.493 e. The molecule has 2 atom stereocenters. The molecule has 1 aromatic rings. The van der Waals surface area contributed by atoms with E-state index in [0.717, 1.165) is 12.0 Å². The zero-order valence-electron chi connectivity index (χ0n) is 14.4. The van der Waals surface area contributed by atoms with Gasteiger partial charge in [0.2, 0.25) is 5.91 Å². The number of benzene rings is 1. The van der Waals surface area contributed by atoms with Crippen LogP contribution in [0.4, 0.5) is 0 Å². The average molecular weight is 335 g/mol. The molecule has 2 unspecified atom stereocenters. The molecule has 1 aliphatic heterocycles. The van der Waals surface area contributed by atoms with Crippen LogP contribution >= 0.6 is 0 Å². The van der Waals surface area contributed by atoms with Crippen molar-refractivity contribution in [2.24, 2.45) is 11.8 Å². The Hall–Kier alpha value is -2.24. The van der Waals surface area contributed by atoms with Gasteiger partial charge in [-0.05, 0) is 37.0 Å². The molecule has 132 valence electrons. The van der Waals surface area contributed by atoms with Crippen LogP contribution in [0.2, 0.25) is 0 Å². The van der Waals surface area contributed by atoms with Gasteiger partial charge in [-0.3, -0.25) is 9.59 Å². The summed E-state index contributed by atoms with van der Waals surface area (Å²) in [4.78, 5) is 25.5. The Bertz CT molecular complexity index is 601. The molecule has 1 N–H and O–H groups in total. The van der Waals surface area contributed by atoms with Gasteiger partial charge in [0.25, 0.3) is 0 Å². The topological polar surface area (TPSA) is 76.1 Å². The predicted octanol–water partition coefficient (Wildman–Crippen LogP) is 2.21. The zero-order valence-corrected chi connectivity index (χ0v) is 14.4. The van der Waals surface area contributed by atoms with E-state index in [-0.39, 0.29) is 11.8 Å². The van der Waals surface area contributed by atoms with Gasteiger partial charge in [-0.1, -0.05) is 13.0 Å². The molecule has 1 aromatic carbocycles. The minimum absolute atomic E-state index is 0.00994. The maximum absolute atomic E-state index is 12.6. The molecule has 2 rings (SSSR count). The van der Waals surface area contributed by atoms with Gasteiger partial charge in [-0.25, -0.2) is 0 Å². The number of ether oxygens (including phenoxy) is 2. The van der Waals surface area contributed by atoms with E-state index in [1.54, 1.807) is 19.1 Å². The van der Waals surface area contributed by atoms with Crippen LogP contribution < -0.4 is 9.47 Å². The SMILES string of the molecule is COc1ccc(CC(C)C(=O)N2CCCC(C(=O)O)C2)cc1OC. The first kappa shape index (κ1) is 18.1. The first-order valence-electron chi connectivity index (χ1n) is 8.18. The molecule has 6 nitrogen and oxygen atoms in total. The molecular formula is C18H25NO5. The fraction of sp³-hybridized carbons (Fsp3) is 0.556. The number of aliphatic carboxylic acids is 1. The van der Waals surface area contributed by atoms with Crippen molar-refractivity contribution in [3.05, 3.63) is 23.8 Å². The minimum Gasteiger partial charge on any atom is -0.493 e. The molecule has 0 aliphatic carbocycles. The third-order valence-electron chi connectivity index (χ3n) is 4.49. The first-order chi connectivity index (χ1) is 11.5. The van der Waals surface area contributed by atoms with Crippen molar-refractivity contribution < 1.29 is 24.2 Å². The van der Waals surface area contributed by atoms with Crippen LogP contribution in [0.15, 0.2) is 18.2 Å². The third-order valence-corrected chi connectivity index (χ3v) is 4.49. The number of amides is 1. The standard InChI is InChI=1S/C18H25NO5/c1-12(9-13-6-7-15(23-2)16(10-13)24-3)17(20)19-8-4-5-14(11-19)18(21)22/h6-7,10,12,14H,4-5,8-9,11H2,1-3H3,(H,21,22). The summed E-state index contributed by atoms with van der Waals surface area (Å²) < 4.78 is 10.5. The molecule has 1 fully saturated rings. The Balaban J connectivity index is 2.02. The zero-order chi connectivity index (χ0) is 17.7. The van der Waals surface area contributed by atoms with Gasteiger partial charge in [-0.15, -0.1) is 0 Å². The number of carboxylic acids is 1. The van der Waals surface area contributed by atoms with E-state index in [2.05, 4.69) is 0 Å². The molecule has 0 bridgehead atoms. The molecule has 1 amide bonds. The number of carbonyl (C=O) groups excluding carboxylic acids is 1. The summed E-state index contributed by atoms with van der Waals surface area (Å²) in [7, 11) is 3.16. The highest BCUT2D eigenvalue weighted by Gasteiger charge is 2.30. The summed E-state index contributed by atoms with van der Waals surface area (Å²) in [6, 6.07) is 5.62. The number of nitrogens with zero attached hydrogens (tertiary/aromatic N) is 1. The second-order valence-corrected chi connectivity index (χ2v) is 6.26. The lowest BCUT2D eigenvalue weighted by atomic mass is 9.95. The van der Waals surface area contributed by atoms with Gasteiger partial charge in [-0.2, -0.15) is 0 Å². The van der Waals surface area contributed by atoms with E-state index < -0.39 is 11.9 Å². The van der Waals surface area contributed by atoms with Crippen LogP contribution in [0.5, 0.6) is 11.5 Å². The lowest BCUT2D eigenvalue weighted by Crippen LogP contribution is -2.44. The van der Waals surface area contributed by atoms with E-state index >= 15 is 0 Å². The van der Waals surface area contributed by atoms with Crippen molar-refractivity contribution in [2.45, 2.75) is 26.2 Å². The molecule has 1 saturated heterocycles. The third kappa shape index (κ3) is 4.19. The highest BCUT2D eigenvalue weighted by atomic mass is 16.5. The lowest BCUT2D eigenvalue weighted by molar-refractivity contribution is -0.146. The quantitative estimate of drug-likeness (QED) is 0.862. The fourth-order valence-corrected chi connectivity index (χ4v) is 3.14. The smallest absolute Gasteiger partial charge is 0.308 e. The Morgan fingerprint density at radius 2 is 2.00 bits per heavy atom. The average Bonchev–Trinajstić information content (AvgIpc) is 2.60. The number of methoxy groups -OCH3 is 2. The number of piperidine rings is 1. The molecule has 0 spiro atoms. The maximum atomic E-state index is 12.6. The normalized spacial score (nSPS) is 18.8. The lowest BCUT2D eigenvalue weighted by Gasteiger charge is -2.32. The van der Waals surface area contributed by atoms with Crippen LogP contribution in [0.1, 0.15) is 25.3 Å². The maximum Gasteiger partial charge on any atom is 0.308 e. The van der Waals surface area contributed by atoms with E-state index in [1.807, 2.05) is 25.1 Å². The van der Waals surface area contributed by atoms with E-state index in [1.165, 1.54) is 0 Å². The van der Waals surface area contributed by atoms with Gasteiger partial charge in [0.15, 0.2) is 11.5 Å². The van der Waals surface area contributed by atoms with Gasteiger partial charge < -0.3 is 19.5 Å². The van der Waals surface area contributed by atoms with Crippen molar-refractivity contribution in [1.82, 2.24) is 4.90 Å². The van der Waals surface area contributed by atoms with Crippen molar-refractivity contribution in [3.63, 3.8) is 0 Å². The highest BCUT2D eigenvalue weighted by Crippen LogP contribution is 2.29. The van der Waals surface area contributed by atoms with E-state index in [4.69, 9.17) is 14.6 Å². The Morgan fingerprint density at radius 3 is 2.62 bits per heavy atom. The summed E-state index contributed by atoms with van der Waals surface area (Å²) in [5, 5.41) is 9.15. The first-order valence-corrected chi connectivity index (χ1v) is 8.18. The molecule has 1 aliphatic rings. The van der Waals surface area contributed by atoms with E-state index in [0.29, 0.717) is 37.4 Å². The van der Waals surface area contributed by atoms with Crippen LogP contribution in [-0.2, 0) is 16.0 Å². The summed E-state index contributed by atoms with van der Waals surface area (Å²) in [6.07, 6.45) is 1.96. The molecule has 0 aromatic heterocycles. The second kappa shape index (κ2) is 8.04. The minimum atomic E-state index is -0.819. The van der Waals surface area contributed by atoms with Gasteiger partial charge in [0.05, 0.1) is 20.1 Å². The van der Waals surface area contributed by atoms with Crippen molar-refractivity contribution in [1.29, 1.82) is 0 Å². The molecule has 1 heterocycles. The van der Waals surface area contributed by atoms with Crippen LogP contribution in [0.3, 0.4) is 0 Å². The van der Waals surface area contributed by atoms with Crippen LogP contribution in [0.25, 0.3) is 0 Å². The summed E-state index contributed by atoms with van der Waals surface area (Å²) in [5.41, 5.74) is 0.986. The van der Waals surface area contributed by atoms with Crippen molar-refractivity contribution >= 4 is 11.9 Å². The number of likely N-dealkylation sites (tertiary alicyclic amines) is 1. The number of hydrogen-bond acceptors (Lipinski definition) is 4. The number of carboxylic acid groups (broad SMARTS) is 1. The van der Waals surface area contributed by atoms with Crippen LogP contribution in [-0.4, -0.2) is 49.2 Å². The molecule has 0 saturated carbocycles. The van der Waals surface area contributed by atoms with Gasteiger partial charge in [0, 0.05) is 19.0 Å². The predicted molar refractivity (Wildman–Crippen MR) is 89.4 cm³/mol. The highest BCUT2D eigenvalue weighted by molar-refractivity contribution is 5.80. The summed E-state index contributed by atoms with van der Waals surface area (Å²) in [6.45, 7) is 2.83. The Kier molecular flexibility index (Phi) is 6.06. The van der Waals surface area contributed by atoms with Gasteiger partial charge in [0.1, 0.15) is 0 Å². The Labute approximate surface area is 142 Å². The number of hydrogen-bond donors (Lipinski definition) is 1. The number of rotatable bonds is 6.